The van der Waals surface area contributed by atoms with E-state index in [1.165, 1.54) is 11.1 Å². The number of likely N-dealkylation sites (N-methyl/N-ethyl adjacent to an activating group) is 1. The monoisotopic (exact) mass is 272 g/mol. The Balaban J connectivity index is 2.18. The van der Waals surface area contributed by atoms with Crippen molar-refractivity contribution in [3.05, 3.63) is 47.5 Å². The van der Waals surface area contributed by atoms with Gasteiger partial charge in [-0.3, -0.25) is 4.68 Å². The smallest absolute Gasteiger partial charge is 0.138 e. The molecule has 1 aromatic heterocycles. The fourth-order valence-electron chi connectivity index (χ4n) is 2.47. The highest BCUT2D eigenvalue weighted by atomic mass is 15.3. The van der Waals surface area contributed by atoms with Gasteiger partial charge in [0.15, 0.2) is 0 Å². The Labute approximate surface area is 121 Å². The van der Waals surface area contributed by atoms with E-state index in [1.54, 1.807) is 6.33 Å². The van der Waals surface area contributed by atoms with Crippen LogP contribution in [0.5, 0.6) is 0 Å². The van der Waals surface area contributed by atoms with Crippen molar-refractivity contribution in [3.63, 3.8) is 0 Å². The fraction of sp³-hybridized carbons (Fsp3) is 0.500. The van der Waals surface area contributed by atoms with Crippen LogP contribution < -0.4 is 5.32 Å². The summed E-state index contributed by atoms with van der Waals surface area (Å²) in [5.74, 6) is 1.05. The SMILES string of the molecule is CCCn1ncnc1CC(NCC)c1cccc(C)c1. The number of benzene rings is 1. The van der Waals surface area contributed by atoms with Crippen LogP contribution in [0.25, 0.3) is 0 Å². The third kappa shape index (κ3) is 3.67. The van der Waals surface area contributed by atoms with Gasteiger partial charge in [0.2, 0.25) is 0 Å². The zero-order valence-corrected chi connectivity index (χ0v) is 12.6. The summed E-state index contributed by atoms with van der Waals surface area (Å²) < 4.78 is 2.01. The van der Waals surface area contributed by atoms with Crippen molar-refractivity contribution in [2.45, 2.75) is 46.2 Å². The molecule has 0 saturated carbocycles. The van der Waals surface area contributed by atoms with Gasteiger partial charge in [0.1, 0.15) is 12.2 Å². The number of hydrogen-bond acceptors (Lipinski definition) is 3. The molecule has 4 heteroatoms. The van der Waals surface area contributed by atoms with Crippen LogP contribution in [-0.2, 0) is 13.0 Å². The van der Waals surface area contributed by atoms with Crippen molar-refractivity contribution in [1.29, 1.82) is 0 Å². The van der Waals surface area contributed by atoms with Gasteiger partial charge in [0.25, 0.3) is 0 Å². The molecule has 1 unspecified atom stereocenters. The molecule has 0 aliphatic heterocycles. The minimum Gasteiger partial charge on any atom is -0.310 e. The molecular weight excluding hydrogens is 248 g/mol. The molecule has 1 atom stereocenters. The maximum atomic E-state index is 4.42. The molecule has 1 heterocycles. The third-order valence-corrected chi connectivity index (χ3v) is 3.41. The van der Waals surface area contributed by atoms with Crippen LogP contribution in [0.4, 0.5) is 0 Å². The quantitative estimate of drug-likeness (QED) is 0.842. The lowest BCUT2D eigenvalue weighted by atomic mass is 10.0. The zero-order chi connectivity index (χ0) is 14.4. The molecule has 108 valence electrons. The number of rotatable bonds is 7. The van der Waals surface area contributed by atoms with Crippen LogP contribution in [0.2, 0.25) is 0 Å². The van der Waals surface area contributed by atoms with Gasteiger partial charge in [0, 0.05) is 19.0 Å². The Bertz CT molecular complexity index is 533. The van der Waals surface area contributed by atoms with Crippen molar-refractivity contribution in [2.24, 2.45) is 0 Å². The molecule has 0 fully saturated rings. The first kappa shape index (κ1) is 14.7. The number of hydrogen-bond donors (Lipinski definition) is 1. The molecule has 0 aliphatic rings. The summed E-state index contributed by atoms with van der Waals surface area (Å²) in [6, 6.07) is 8.96. The molecule has 0 aliphatic carbocycles. The summed E-state index contributed by atoms with van der Waals surface area (Å²) in [4.78, 5) is 4.42. The second-order valence-corrected chi connectivity index (χ2v) is 5.13. The summed E-state index contributed by atoms with van der Waals surface area (Å²) >= 11 is 0. The van der Waals surface area contributed by atoms with Crippen molar-refractivity contribution < 1.29 is 0 Å². The second kappa shape index (κ2) is 7.20. The summed E-state index contributed by atoms with van der Waals surface area (Å²) in [6.45, 7) is 8.31. The van der Waals surface area contributed by atoms with Gasteiger partial charge < -0.3 is 5.32 Å². The third-order valence-electron chi connectivity index (χ3n) is 3.41. The molecule has 2 rings (SSSR count). The Morgan fingerprint density at radius 1 is 1.30 bits per heavy atom. The van der Waals surface area contributed by atoms with Gasteiger partial charge >= 0.3 is 0 Å². The summed E-state index contributed by atoms with van der Waals surface area (Å²) in [7, 11) is 0. The maximum Gasteiger partial charge on any atom is 0.138 e. The lowest BCUT2D eigenvalue weighted by molar-refractivity contribution is 0.498. The van der Waals surface area contributed by atoms with Crippen LogP contribution in [0.3, 0.4) is 0 Å². The summed E-state index contributed by atoms with van der Waals surface area (Å²) in [5, 5.41) is 7.86. The van der Waals surface area contributed by atoms with Gasteiger partial charge in [-0.1, -0.05) is 43.7 Å². The average molecular weight is 272 g/mol. The lowest BCUT2D eigenvalue weighted by Gasteiger charge is -2.18. The topological polar surface area (TPSA) is 42.7 Å². The standard InChI is InChI=1S/C16H24N4/c1-4-9-20-16(18-12-19-20)11-15(17-5-2)14-8-6-7-13(3)10-14/h6-8,10,12,15,17H,4-5,9,11H2,1-3H3. The molecule has 0 saturated heterocycles. The van der Waals surface area contributed by atoms with E-state index >= 15 is 0 Å². The first-order chi connectivity index (χ1) is 9.74. The molecule has 20 heavy (non-hydrogen) atoms. The molecule has 0 amide bonds. The van der Waals surface area contributed by atoms with E-state index < -0.39 is 0 Å². The van der Waals surface area contributed by atoms with Crippen LogP contribution in [0.1, 0.15) is 43.3 Å². The predicted molar refractivity (Wildman–Crippen MR) is 81.6 cm³/mol. The minimum absolute atomic E-state index is 0.291. The first-order valence-electron chi connectivity index (χ1n) is 7.41. The van der Waals surface area contributed by atoms with E-state index in [-0.39, 0.29) is 0 Å². The van der Waals surface area contributed by atoms with Gasteiger partial charge in [-0.2, -0.15) is 5.10 Å². The van der Waals surface area contributed by atoms with E-state index in [9.17, 15) is 0 Å². The molecular formula is C16H24N4. The Morgan fingerprint density at radius 3 is 2.85 bits per heavy atom. The normalized spacial score (nSPS) is 12.6. The van der Waals surface area contributed by atoms with Crippen LogP contribution in [0.15, 0.2) is 30.6 Å². The Hall–Kier alpha value is -1.68. The van der Waals surface area contributed by atoms with Gasteiger partial charge in [-0.25, -0.2) is 4.98 Å². The lowest BCUT2D eigenvalue weighted by Crippen LogP contribution is -2.24. The van der Waals surface area contributed by atoms with E-state index in [1.807, 2.05) is 4.68 Å². The van der Waals surface area contributed by atoms with Crippen LogP contribution in [-0.4, -0.2) is 21.3 Å². The summed E-state index contributed by atoms with van der Waals surface area (Å²) in [5.41, 5.74) is 2.61. The number of aryl methyl sites for hydroxylation is 2. The molecule has 4 nitrogen and oxygen atoms in total. The zero-order valence-electron chi connectivity index (χ0n) is 12.6. The molecule has 2 aromatic rings. The second-order valence-electron chi connectivity index (χ2n) is 5.13. The number of aromatic nitrogens is 3. The average Bonchev–Trinajstić information content (AvgIpc) is 2.86. The van der Waals surface area contributed by atoms with E-state index in [0.29, 0.717) is 6.04 Å². The van der Waals surface area contributed by atoms with E-state index in [4.69, 9.17) is 0 Å². The highest BCUT2D eigenvalue weighted by Crippen LogP contribution is 2.18. The summed E-state index contributed by atoms with van der Waals surface area (Å²) in [6.07, 6.45) is 3.61. The van der Waals surface area contributed by atoms with Crippen molar-refractivity contribution >= 4 is 0 Å². The minimum atomic E-state index is 0.291. The highest BCUT2D eigenvalue weighted by molar-refractivity contribution is 5.25. The predicted octanol–water partition coefficient (Wildman–Crippen LogP) is 2.89. The Kier molecular flexibility index (Phi) is 5.30. The van der Waals surface area contributed by atoms with E-state index in [2.05, 4.69) is 60.4 Å². The van der Waals surface area contributed by atoms with E-state index in [0.717, 1.165) is 31.8 Å². The largest absolute Gasteiger partial charge is 0.310 e. The molecule has 0 bridgehead atoms. The van der Waals surface area contributed by atoms with Crippen LogP contribution in [0, 0.1) is 6.92 Å². The van der Waals surface area contributed by atoms with Gasteiger partial charge in [0.05, 0.1) is 0 Å². The van der Waals surface area contributed by atoms with Crippen LogP contribution >= 0.6 is 0 Å². The highest BCUT2D eigenvalue weighted by Gasteiger charge is 2.15. The van der Waals surface area contributed by atoms with Crippen molar-refractivity contribution in [1.82, 2.24) is 20.1 Å². The molecule has 1 aromatic carbocycles. The van der Waals surface area contributed by atoms with Gasteiger partial charge in [-0.05, 0) is 25.5 Å². The fourth-order valence-corrected chi connectivity index (χ4v) is 2.47. The molecule has 0 spiro atoms. The number of nitrogens with one attached hydrogen (secondary N) is 1. The molecule has 1 N–H and O–H groups in total. The van der Waals surface area contributed by atoms with Gasteiger partial charge in [-0.15, -0.1) is 0 Å². The van der Waals surface area contributed by atoms with Crippen molar-refractivity contribution in [3.8, 4) is 0 Å². The molecule has 0 radical (unpaired) electrons. The Morgan fingerprint density at radius 2 is 2.15 bits per heavy atom. The first-order valence-corrected chi connectivity index (χ1v) is 7.41. The van der Waals surface area contributed by atoms with Crippen molar-refractivity contribution in [2.75, 3.05) is 6.54 Å². The maximum absolute atomic E-state index is 4.42. The number of nitrogens with zero attached hydrogens (tertiary/aromatic N) is 3.